The molecule has 2 aliphatic rings. The number of thiazole rings is 1. The number of nitrogens with zero attached hydrogens (tertiary/aromatic N) is 2. The lowest BCUT2D eigenvalue weighted by atomic mass is 9.83. The van der Waals surface area contributed by atoms with E-state index in [2.05, 4.69) is 40.2 Å². The monoisotopic (exact) mass is 664 g/mol. The quantitative estimate of drug-likeness (QED) is 0.195. The highest BCUT2D eigenvalue weighted by Crippen LogP contribution is 2.41. The van der Waals surface area contributed by atoms with Crippen LogP contribution in [0, 0.1) is 0 Å². The van der Waals surface area contributed by atoms with Gasteiger partial charge in [-0.25, -0.2) is 4.99 Å². The molecule has 6 nitrogen and oxygen atoms in total. The molecule has 2 heterocycles. The normalized spacial score (nSPS) is 15.6. The molecule has 220 valence electrons. The summed E-state index contributed by atoms with van der Waals surface area (Å²) in [6, 6.07) is 30.0. The third-order valence-corrected chi connectivity index (χ3v) is 9.65. The number of aryl methyl sites for hydroxylation is 1. The number of halogens is 1. The van der Waals surface area contributed by atoms with Gasteiger partial charge in [0.15, 0.2) is 16.3 Å². The Kier molecular flexibility index (Phi) is 7.70. The summed E-state index contributed by atoms with van der Waals surface area (Å²) in [5.74, 6) is 1.97. The van der Waals surface area contributed by atoms with E-state index in [4.69, 9.17) is 19.2 Å². The molecule has 0 unspecified atom stereocenters. The van der Waals surface area contributed by atoms with Gasteiger partial charge in [0.05, 0.1) is 35.0 Å². The number of benzene rings is 4. The van der Waals surface area contributed by atoms with Crippen LogP contribution in [0.1, 0.15) is 40.3 Å². The number of rotatable bonds is 7. The van der Waals surface area contributed by atoms with Gasteiger partial charge in [0, 0.05) is 5.56 Å². The Morgan fingerprint density at radius 2 is 1.73 bits per heavy atom. The van der Waals surface area contributed by atoms with E-state index in [-0.39, 0.29) is 11.6 Å². The van der Waals surface area contributed by atoms with Crippen LogP contribution in [0.3, 0.4) is 0 Å². The van der Waals surface area contributed by atoms with Crippen molar-refractivity contribution in [3.63, 3.8) is 0 Å². The van der Waals surface area contributed by atoms with Gasteiger partial charge in [-0.1, -0.05) is 78.1 Å². The van der Waals surface area contributed by atoms with Crippen LogP contribution in [0.5, 0.6) is 17.2 Å². The number of methoxy groups -OCH3 is 2. The lowest BCUT2D eigenvalue weighted by Crippen LogP contribution is -2.38. The minimum Gasteiger partial charge on any atom is -0.497 e. The average molecular weight is 666 g/mol. The zero-order valence-corrected chi connectivity index (χ0v) is 26.7. The van der Waals surface area contributed by atoms with Gasteiger partial charge in [-0.2, -0.15) is 0 Å². The minimum atomic E-state index is -0.252. The Morgan fingerprint density at radius 3 is 2.50 bits per heavy atom. The van der Waals surface area contributed by atoms with Crippen molar-refractivity contribution in [1.29, 1.82) is 0 Å². The summed E-state index contributed by atoms with van der Waals surface area (Å²) >= 11 is 5.08. The number of aromatic nitrogens is 1. The molecule has 0 N–H and O–H groups in total. The fraction of sp³-hybridized carbons (Fsp3) is 0.167. The van der Waals surface area contributed by atoms with Crippen LogP contribution in [0.25, 0.3) is 11.8 Å². The van der Waals surface area contributed by atoms with Crippen LogP contribution in [0.4, 0.5) is 0 Å². The SMILES string of the molecule is COc1ccc([C@@H]2C3=C(N=c4s/c(=C/c5cc(Br)c(OCc6ccccc6)c(OC)c5)c(=O)n42)c2ccccc2CC3)cc1. The van der Waals surface area contributed by atoms with E-state index in [1.807, 2.05) is 77.4 Å². The third-order valence-electron chi connectivity index (χ3n) is 8.08. The van der Waals surface area contributed by atoms with E-state index in [1.54, 1.807) is 14.2 Å². The van der Waals surface area contributed by atoms with Crippen LogP contribution in [0.15, 0.2) is 111 Å². The minimum absolute atomic E-state index is 0.0699. The Labute approximate surface area is 267 Å². The molecule has 7 rings (SSSR count). The van der Waals surface area contributed by atoms with Gasteiger partial charge in [0.25, 0.3) is 5.56 Å². The molecular formula is C36H29BrN2O4S. The van der Waals surface area contributed by atoms with Gasteiger partial charge in [0.2, 0.25) is 0 Å². The van der Waals surface area contributed by atoms with Gasteiger partial charge in [-0.15, -0.1) is 0 Å². The molecule has 0 saturated heterocycles. The second kappa shape index (κ2) is 11.9. The summed E-state index contributed by atoms with van der Waals surface area (Å²) in [6.07, 6.45) is 3.65. The first-order valence-electron chi connectivity index (χ1n) is 14.4. The number of hydrogen-bond donors (Lipinski definition) is 0. The number of fused-ring (bicyclic) bond motifs is 3. The molecule has 1 atom stereocenters. The number of hydrogen-bond acceptors (Lipinski definition) is 6. The average Bonchev–Trinajstić information content (AvgIpc) is 3.37. The maximum Gasteiger partial charge on any atom is 0.271 e. The van der Waals surface area contributed by atoms with Crippen molar-refractivity contribution in [3.8, 4) is 17.2 Å². The first-order valence-corrected chi connectivity index (χ1v) is 16.0. The molecule has 1 aliphatic carbocycles. The summed E-state index contributed by atoms with van der Waals surface area (Å²) in [6.45, 7) is 0.410. The van der Waals surface area contributed by atoms with Crippen molar-refractivity contribution < 1.29 is 14.2 Å². The Hall–Kier alpha value is -4.40. The Bertz CT molecular complexity index is 2080. The van der Waals surface area contributed by atoms with Crippen LogP contribution in [0.2, 0.25) is 0 Å². The van der Waals surface area contributed by atoms with E-state index < -0.39 is 0 Å². The zero-order chi connectivity index (χ0) is 30.2. The van der Waals surface area contributed by atoms with E-state index in [0.29, 0.717) is 27.4 Å². The molecule has 8 heteroatoms. The summed E-state index contributed by atoms with van der Waals surface area (Å²) < 4.78 is 20.5. The third kappa shape index (κ3) is 5.18. The van der Waals surface area contributed by atoms with Crippen molar-refractivity contribution in [2.24, 2.45) is 4.99 Å². The summed E-state index contributed by atoms with van der Waals surface area (Å²) in [7, 11) is 3.28. The topological polar surface area (TPSA) is 62.0 Å². The first kappa shape index (κ1) is 28.4. The van der Waals surface area contributed by atoms with E-state index >= 15 is 0 Å². The van der Waals surface area contributed by atoms with E-state index in [0.717, 1.165) is 56.6 Å². The standard InChI is InChI=1S/C36H29BrN2O4S/c1-41-26-15-12-25(13-16-26)33-28-17-14-24-10-6-7-11-27(24)32(28)38-36-39(33)35(40)31(44-36)20-23-18-29(37)34(30(19-23)42-2)43-21-22-8-4-3-5-9-22/h3-13,15-16,18-20,33H,14,17,21H2,1-2H3/b31-20+/t33-/m1/s1. The fourth-order valence-corrected chi connectivity index (χ4v) is 7.53. The molecule has 0 bridgehead atoms. The van der Waals surface area contributed by atoms with Crippen molar-refractivity contribution in [3.05, 3.63) is 149 Å². The molecule has 0 amide bonds. The molecule has 0 saturated carbocycles. The predicted octanol–water partition coefficient (Wildman–Crippen LogP) is 6.68. The smallest absolute Gasteiger partial charge is 0.271 e. The number of ether oxygens (including phenoxy) is 3. The van der Waals surface area contributed by atoms with Crippen molar-refractivity contribution in [1.82, 2.24) is 4.57 Å². The van der Waals surface area contributed by atoms with Crippen LogP contribution in [-0.2, 0) is 13.0 Å². The Balaban J connectivity index is 1.34. The second-order valence-corrected chi connectivity index (χ2v) is 12.6. The molecule has 4 aromatic carbocycles. The second-order valence-electron chi connectivity index (χ2n) is 10.7. The summed E-state index contributed by atoms with van der Waals surface area (Å²) in [5, 5.41) is 0. The summed E-state index contributed by atoms with van der Waals surface area (Å²) in [4.78, 5) is 20.0. The highest BCUT2D eigenvalue weighted by atomic mass is 79.9. The first-order chi connectivity index (χ1) is 21.5. The Morgan fingerprint density at radius 1 is 0.955 bits per heavy atom. The van der Waals surface area contributed by atoms with Crippen LogP contribution < -0.4 is 29.1 Å². The van der Waals surface area contributed by atoms with Gasteiger partial charge >= 0.3 is 0 Å². The lowest BCUT2D eigenvalue weighted by molar-refractivity contribution is 0.282. The zero-order valence-electron chi connectivity index (χ0n) is 24.2. The van der Waals surface area contributed by atoms with Crippen molar-refractivity contribution in [2.75, 3.05) is 14.2 Å². The van der Waals surface area contributed by atoms with Gasteiger partial charge in [0.1, 0.15) is 12.4 Å². The molecule has 44 heavy (non-hydrogen) atoms. The molecule has 0 radical (unpaired) electrons. The molecule has 0 spiro atoms. The largest absolute Gasteiger partial charge is 0.497 e. The van der Waals surface area contributed by atoms with Gasteiger partial charge in [-0.3, -0.25) is 9.36 Å². The van der Waals surface area contributed by atoms with Crippen molar-refractivity contribution in [2.45, 2.75) is 25.5 Å². The van der Waals surface area contributed by atoms with Crippen LogP contribution in [-0.4, -0.2) is 18.8 Å². The van der Waals surface area contributed by atoms with E-state index in [1.165, 1.54) is 16.9 Å². The molecular weight excluding hydrogens is 636 g/mol. The maximum absolute atomic E-state index is 14.2. The van der Waals surface area contributed by atoms with E-state index in [9.17, 15) is 4.79 Å². The van der Waals surface area contributed by atoms with Crippen molar-refractivity contribution >= 4 is 39.0 Å². The highest BCUT2D eigenvalue weighted by Gasteiger charge is 2.32. The van der Waals surface area contributed by atoms with Gasteiger partial charge < -0.3 is 14.2 Å². The molecule has 1 aromatic heterocycles. The summed E-state index contributed by atoms with van der Waals surface area (Å²) in [5.41, 5.74) is 7.41. The van der Waals surface area contributed by atoms with Gasteiger partial charge in [-0.05, 0) is 86.9 Å². The molecule has 0 fully saturated rings. The van der Waals surface area contributed by atoms with Crippen LogP contribution >= 0.6 is 27.3 Å². The lowest BCUT2D eigenvalue weighted by Gasteiger charge is -2.30. The number of allylic oxidation sites excluding steroid dienone is 1. The predicted molar refractivity (Wildman–Crippen MR) is 177 cm³/mol. The molecule has 1 aliphatic heterocycles. The highest BCUT2D eigenvalue weighted by molar-refractivity contribution is 9.10. The molecule has 5 aromatic rings. The fourth-order valence-electron chi connectivity index (χ4n) is 5.95. The maximum atomic E-state index is 14.2.